The summed E-state index contributed by atoms with van der Waals surface area (Å²) in [7, 11) is 0. The van der Waals surface area contributed by atoms with Crippen LogP contribution in [0.4, 0.5) is 0 Å². The number of benzene rings is 1. The Morgan fingerprint density at radius 1 is 1.21 bits per heavy atom. The predicted molar refractivity (Wildman–Crippen MR) is 79.3 cm³/mol. The van der Waals surface area contributed by atoms with Crippen LogP contribution in [0.5, 0.6) is 0 Å². The zero-order valence-corrected chi connectivity index (χ0v) is 11.2. The van der Waals surface area contributed by atoms with Crippen LogP contribution in [-0.2, 0) is 13.0 Å². The van der Waals surface area contributed by atoms with Crippen LogP contribution in [0.2, 0.25) is 0 Å². The third-order valence-electron chi connectivity index (χ3n) is 4.70. The van der Waals surface area contributed by atoms with E-state index < -0.39 is 0 Å². The van der Waals surface area contributed by atoms with E-state index >= 15 is 0 Å². The quantitative estimate of drug-likeness (QED) is 0.836. The van der Waals surface area contributed by atoms with Crippen molar-refractivity contribution in [2.75, 3.05) is 6.54 Å². The topological polar surface area (TPSA) is 30.9 Å². The Morgan fingerprint density at radius 3 is 3.00 bits per heavy atom. The fraction of sp³-hybridized carbons (Fsp3) is 0.412. The van der Waals surface area contributed by atoms with Crippen LogP contribution in [0.3, 0.4) is 0 Å². The molecule has 0 saturated carbocycles. The summed E-state index contributed by atoms with van der Waals surface area (Å²) in [4.78, 5) is 0. The van der Waals surface area contributed by atoms with Crippen molar-refractivity contribution < 1.29 is 0 Å². The first-order chi connectivity index (χ1) is 9.38. The number of allylic oxidation sites excluding steroid dienone is 2. The Hall–Kier alpha value is -1.54. The molecular weight excluding hydrogens is 232 g/mol. The lowest BCUT2D eigenvalue weighted by Crippen LogP contribution is -2.15. The van der Waals surface area contributed by atoms with E-state index in [-0.39, 0.29) is 0 Å². The highest BCUT2D eigenvalue weighted by atomic mass is 15.0. The lowest BCUT2D eigenvalue weighted by atomic mass is 9.85. The van der Waals surface area contributed by atoms with Gasteiger partial charge in [0.2, 0.25) is 0 Å². The molecule has 2 atom stereocenters. The first kappa shape index (κ1) is 11.3. The molecule has 0 saturated heterocycles. The second-order valence-corrected chi connectivity index (χ2v) is 5.87. The number of para-hydroxylation sites is 1. The van der Waals surface area contributed by atoms with Gasteiger partial charge in [-0.2, -0.15) is 0 Å². The molecule has 98 valence electrons. The lowest BCUT2D eigenvalue weighted by molar-refractivity contribution is 0.520. The van der Waals surface area contributed by atoms with E-state index in [0.29, 0.717) is 5.92 Å². The van der Waals surface area contributed by atoms with Crippen molar-refractivity contribution in [1.82, 2.24) is 4.57 Å². The van der Waals surface area contributed by atoms with Crippen molar-refractivity contribution >= 4 is 10.9 Å². The standard InChI is InChI=1S/C17H20N2/c18-8-3-9-19-16-5-2-1-4-14(16)15-11-12-6-7-13(10-12)17(15)19/h1-2,4-7,12-13H,3,8-11,18H2. The van der Waals surface area contributed by atoms with Crippen LogP contribution in [0, 0.1) is 5.92 Å². The molecule has 1 aromatic carbocycles. The Balaban J connectivity index is 1.95. The number of hydrogen-bond acceptors (Lipinski definition) is 1. The Kier molecular flexibility index (Phi) is 2.52. The molecule has 2 aliphatic rings. The Labute approximate surface area is 113 Å². The van der Waals surface area contributed by atoms with Gasteiger partial charge >= 0.3 is 0 Å². The summed E-state index contributed by atoms with van der Waals surface area (Å²) < 4.78 is 2.54. The third-order valence-corrected chi connectivity index (χ3v) is 4.70. The highest BCUT2D eigenvalue weighted by molar-refractivity contribution is 5.86. The lowest BCUT2D eigenvalue weighted by Gasteiger charge is -2.23. The normalized spacial score (nSPS) is 24.1. The van der Waals surface area contributed by atoms with Crippen LogP contribution in [-0.4, -0.2) is 11.1 Å². The molecule has 0 aliphatic heterocycles. The van der Waals surface area contributed by atoms with Crippen LogP contribution >= 0.6 is 0 Å². The van der Waals surface area contributed by atoms with Gasteiger partial charge in [0.15, 0.2) is 0 Å². The first-order valence-electron chi connectivity index (χ1n) is 7.37. The van der Waals surface area contributed by atoms with Gasteiger partial charge in [0.25, 0.3) is 0 Å². The maximum Gasteiger partial charge on any atom is 0.0485 e. The number of rotatable bonds is 3. The van der Waals surface area contributed by atoms with Crippen molar-refractivity contribution in [3.05, 3.63) is 47.7 Å². The molecule has 2 bridgehead atoms. The molecule has 0 amide bonds. The van der Waals surface area contributed by atoms with Gasteiger partial charge in [0.05, 0.1) is 0 Å². The minimum atomic E-state index is 0.638. The predicted octanol–water partition coefficient (Wildman–Crippen LogP) is 3.21. The maximum absolute atomic E-state index is 5.71. The van der Waals surface area contributed by atoms with Gasteiger partial charge in [-0.3, -0.25) is 0 Å². The molecule has 2 heteroatoms. The molecule has 2 nitrogen and oxygen atoms in total. The van der Waals surface area contributed by atoms with Crippen LogP contribution in [0.1, 0.15) is 30.0 Å². The highest BCUT2D eigenvalue weighted by Gasteiger charge is 2.33. The van der Waals surface area contributed by atoms with Crippen LogP contribution in [0.25, 0.3) is 10.9 Å². The second-order valence-electron chi connectivity index (χ2n) is 5.87. The van der Waals surface area contributed by atoms with Crippen molar-refractivity contribution in [2.45, 2.75) is 31.7 Å². The molecule has 2 N–H and O–H groups in total. The number of aryl methyl sites for hydroxylation is 1. The molecule has 2 aromatic rings. The third kappa shape index (κ3) is 1.59. The number of nitrogens with zero attached hydrogens (tertiary/aromatic N) is 1. The summed E-state index contributed by atoms with van der Waals surface area (Å²) in [5, 5.41) is 1.47. The minimum Gasteiger partial charge on any atom is -0.344 e. The van der Waals surface area contributed by atoms with Gasteiger partial charge in [-0.1, -0.05) is 30.4 Å². The van der Waals surface area contributed by atoms with Gasteiger partial charge in [0.1, 0.15) is 0 Å². The van der Waals surface area contributed by atoms with Crippen molar-refractivity contribution in [3.63, 3.8) is 0 Å². The maximum atomic E-state index is 5.71. The zero-order chi connectivity index (χ0) is 12.8. The van der Waals surface area contributed by atoms with E-state index in [4.69, 9.17) is 5.73 Å². The summed E-state index contributed by atoms with van der Waals surface area (Å²) in [5.41, 5.74) is 10.3. The minimum absolute atomic E-state index is 0.638. The summed E-state index contributed by atoms with van der Waals surface area (Å²) in [5.74, 6) is 1.41. The molecule has 0 radical (unpaired) electrons. The molecule has 2 aliphatic carbocycles. The first-order valence-corrected chi connectivity index (χ1v) is 7.37. The van der Waals surface area contributed by atoms with Gasteiger partial charge in [0, 0.05) is 29.1 Å². The van der Waals surface area contributed by atoms with Gasteiger partial charge in [-0.05, 0) is 43.4 Å². The molecule has 19 heavy (non-hydrogen) atoms. The summed E-state index contributed by atoms with van der Waals surface area (Å²) in [6, 6.07) is 8.88. The fourth-order valence-corrected chi connectivity index (χ4v) is 3.91. The largest absolute Gasteiger partial charge is 0.344 e. The van der Waals surface area contributed by atoms with Gasteiger partial charge < -0.3 is 10.3 Å². The van der Waals surface area contributed by atoms with Crippen molar-refractivity contribution in [3.8, 4) is 0 Å². The van der Waals surface area contributed by atoms with E-state index in [9.17, 15) is 0 Å². The fourth-order valence-electron chi connectivity index (χ4n) is 3.91. The van der Waals surface area contributed by atoms with Gasteiger partial charge in [-0.15, -0.1) is 0 Å². The van der Waals surface area contributed by atoms with E-state index in [2.05, 4.69) is 41.0 Å². The average Bonchev–Trinajstić information content (AvgIpc) is 2.97. The van der Waals surface area contributed by atoms with Crippen LogP contribution < -0.4 is 5.73 Å². The number of hydrogen-bond donors (Lipinski definition) is 1. The van der Waals surface area contributed by atoms with E-state index in [1.54, 1.807) is 11.3 Å². The number of fused-ring (bicyclic) bond motifs is 6. The monoisotopic (exact) mass is 252 g/mol. The molecule has 1 aromatic heterocycles. The number of nitrogens with two attached hydrogens (primary N) is 1. The molecule has 4 rings (SSSR count). The van der Waals surface area contributed by atoms with Crippen molar-refractivity contribution in [2.24, 2.45) is 11.7 Å². The molecule has 2 unspecified atom stereocenters. The smallest absolute Gasteiger partial charge is 0.0485 e. The molecule has 0 fully saturated rings. The molecular formula is C17H20N2. The average molecular weight is 252 g/mol. The van der Waals surface area contributed by atoms with Crippen LogP contribution in [0.15, 0.2) is 36.4 Å². The van der Waals surface area contributed by atoms with E-state index in [1.165, 1.54) is 23.7 Å². The van der Waals surface area contributed by atoms with Gasteiger partial charge in [-0.25, -0.2) is 0 Å². The number of aromatic nitrogens is 1. The summed E-state index contributed by atoms with van der Waals surface area (Å²) >= 11 is 0. The van der Waals surface area contributed by atoms with Crippen molar-refractivity contribution in [1.29, 1.82) is 0 Å². The SMILES string of the molecule is NCCCn1c2c(c3ccccc31)CC1C=CC2C1. The second kappa shape index (κ2) is 4.24. The Morgan fingerprint density at radius 2 is 2.11 bits per heavy atom. The zero-order valence-electron chi connectivity index (χ0n) is 11.2. The molecule has 1 heterocycles. The van der Waals surface area contributed by atoms with E-state index in [1.807, 2.05) is 0 Å². The summed E-state index contributed by atoms with van der Waals surface area (Å²) in [6.45, 7) is 1.83. The summed E-state index contributed by atoms with van der Waals surface area (Å²) in [6.07, 6.45) is 8.44. The van der Waals surface area contributed by atoms with E-state index in [0.717, 1.165) is 25.4 Å². The Bertz CT molecular complexity index is 651. The highest BCUT2D eigenvalue weighted by Crippen LogP contribution is 2.45. The molecule has 0 spiro atoms.